The van der Waals surface area contributed by atoms with Crippen molar-refractivity contribution in [1.82, 2.24) is 4.90 Å². The average molecular weight is 248 g/mol. The third kappa shape index (κ3) is 3.31. The van der Waals surface area contributed by atoms with Gasteiger partial charge in [0.1, 0.15) is 0 Å². The van der Waals surface area contributed by atoms with Crippen LogP contribution in [0, 0.1) is 0 Å². The molecule has 1 unspecified atom stereocenters. The van der Waals surface area contributed by atoms with E-state index in [1.807, 2.05) is 18.2 Å². The van der Waals surface area contributed by atoms with Crippen molar-refractivity contribution < 1.29 is 4.74 Å². The number of rotatable bonds is 3. The number of nitrogens with two attached hydrogens (primary N) is 1. The Labute approximate surface area is 110 Å². The summed E-state index contributed by atoms with van der Waals surface area (Å²) in [6, 6.07) is 10.3. The molecule has 0 radical (unpaired) electrons. The Morgan fingerprint density at radius 2 is 1.78 bits per heavy atom. The van der Waals surface area contributed by atoms with E-state index in [9.17, 15) is 0 Å². The minimum absolute atomic E-state index is 0.292. The van der Waals surface area contributed by atoms with E-state index in [4.69, 9.17) is 10.5 Å². The van der Waals surface area contributed by atoms with Crippen molar-refractivity contribution in [2.75, 3.05) is 19.6 Å². The van der Waals surface area contributed by atoms with Gasteiger partial charge in [0.15, 0.2) is 0 Å². The summed E-state index contributed by atoms with van der Waals surface area (Å²) in [5.74, 6) is 0. The summed E-state index contributed by atoms with van der Waals surface area (Å²) in [4.78, 5) is 2.41. The highest BCUT2D eigenvalue weighted by Crippen LogP contribution is 2.21. The van der Waals surface area contributed by atoms with E-state index in [1.54, 1.807) is 0 Å². The molecular formula is C15H24N2O. The highest BCUT2D eigenvalue weighted by Gasteiger charge is 2.29. The first-order valence-corrected chi connectivity index (χ1v) is 6.69. The van der Waals surface area contributed by atoms with E-state index in [0.29, 0.717) is 12.2 Å². The fourth-order valence-electron chi connectivity index (χ4n) is 2.79. The smallest absolute Gasteiger partial charge is 0.0678 e. The first-order chi connectivity index (χ1) is 8.47. The van der Waals surface area contributed by atoms with Crippen molar-refractivity contribution in [3.05, 3.63) is 35.9 Å². The topological polar surface area (TPSA) is 38.5 Å². The Kier molecular flexibility index (Phi) is 4.05. The fourth-order valence-corrected chi connectivity index (χ4v) is 2.79. The monoisotopic (exact) mass is 248 g/mol. The maximum absolute atomic E-state index is 6.48. The summed E-state index contributed by atoms with van der Waals surface area (Å²) in [5, 5.41) is 0. The second-order valence-corrected chi connectivity index (χ2v) is 5.73. The van der Waals surface area contributed by atoms with Gasteiger partial charge in [-0.05, 0) is 26.3 Å². The first kappa shape index (κ1) is 13.5. The molecule has 1 fully saturated rings. The van der Waals surface area contributed by atoms with Crippen LogP contribution >= 0.6 is 0 Å². The fraction of sp³-hybridized carbons (Fsp3) is 0.600. The van der Waals surface area contributed by atoms with Gasteiger partial charge in [0, 0.05) is 19.6 Å². The van der Waals surface area contributed by atoms with Gasteiger partial charge in [0.2, 0.25) is 0 Å². The maximum Gasteiger partial charge on any atom is 0.0678 e. The van der Waals surface area contributed by atoms with Crippen LogP contribution in [0.3, 0.4) is 0 Å². The minimum atomic E-state index is -0.307. The molecule has 0 aromatic heterocycles. The summed E-state index contributed by atoms with van der Waals surface area (Å²) in [7, 11) is 0. The van der Waals surface area contributed by atoms with Crippen LogP contribution in [0.5, 0.6) is 0 Å². The van der Waals surface area contributed by atoms with Crippen LogP contribution < -0.4 is 5.73 Å². The van der Waals surface area contributed by atoms with Crippen LogP contribution in [0.1, 0.15) is 26.3 Å². The molecule has 2 rings (SSSR count). The van der Waals surface area contributed by atoms with Gasteiger partial charge in [-0.25, -0.2) is 0 Å². The Bertz CT molecular complexity index is 367. The predicted octanol–water partition coefficient (Wildman–Crippen LogP) is 1.97. The highest BCUT2D eigenvalue weighted by molar-refractivity contribution is 5.23. The lowest BCUT2D eigenvalue weighted by atomic mass is 9.92. The van der Waals surface area contributed by atoms with Gasteiger partial charge in [-0.15, -0.1) is 0 Å². The summed E-state index contributed by atoms with van der Waals surface area (Å²) in [5.41, 5.74) is 7.36. The van der Waals surface area contributed by atoms with E-state index >= 15 is 0 Å². The molecule has 0 bridgehead atoms. The SMILES string of the molecule is C[C@@H]1CN(CC(C)(N)c2ccccc2)C[C@H](C)O1. The second-order valence-electron chi connectivity index (χ2n) is 5.73. The number of ether oxygens (including phenoxy) is 1. The van der Waals surface area contributed by atoms with E-state index in [-0.39, 0.29) is 5.54 Å². The summed E-state index contributed by atoms with van der Waals surface area (Å²) in [6.45, 7) is 9.15. The Morgan fingerprint density at radius 3 is 2.33 bits per heavy atom. The van der Waals surface area contributed by atoms with Crippen molar-refractivity contribution in [1.29, 1.82) is 0 Å². The molecule has 3 atom stereocenters. The van der Waals surface area contributed by atoms with Gasteiger partial charge in [-0.3, -0.25) is 4.90 Å². The Balaban J connectivity index is 2.04. The van der Waals surface area contributed by atoms with Gasteiger partial charge in [-0.1, -0.05) is 30.3 Å². The van der Waals surface area contributed by atoms with Crippen LogP contribution in [-0.4, -0.2) is 36.7 Å². The molecule has 100 valence electrons. The Hall–Kier alpha value is -0.900. The molecule has 0 aliphatic carbocycles. The second kappa shape index (κ2) is 5.39. The van der Waals surface area contributed by atoms with Crippen LogP contribution in [-0.2, 0) is 10.3 Å². The van der Waals surface area contributed by atoms with E-state index in [2.05, 4.69) is 37.8 Å². The van der Waals surface area contributed by atoms with Gasteiger partial charge >= 0.3 is 0 Å². The van der Waals surface area contributed by atoms with E-state index in [1.165, 1.54) is 5.56 Å². The summed E-state index contributed by atoms with van der Waals surface area (Å²) >= 11 is 0. The average Bonchev–Trinajstić information content (AvgIpc) is 2.28. The molecule has 3 heteroatoms. The van der Waals surface area contributed by atoms with Crippen molar-refractivity contribution >= 4 is 0 Å². The lowest BCUT2D eigenvalue weighted by molar-refractivity contribution is -0.0723. The zero-order valence-corrected chi connectivity index (χ0v) is 11.6. The molecule has 1 saturated heterocycles. The Morgan fingerprint density at radius 1 is 1.22 bits per heavy atom. The number of morpholine rings is 1. The number of hydrogen-bond acceptors (Lipinski definition) is 3. The van der Waals surface area contributed by atoms with Gasteiger partial charge < -0.3 is 10.5 Å². The largest absolute Gasteiger partial charge is 0.373 e. The molecule has 0 amide bonds. The zero-order valence-electron chi connectivity index (χ0n) is 11.6. The zero-order chi connectivity index (χ0) is 13.2. The molecule has 3 nitrogen and oxygen atoms in total. The van der Waals surface area contributed by atoms with Crippen LogP contribution in [0.15, 0.2) is 30.3 Å². The lowest BCUT2D eigenvalue weighted by Crippen LogP contribution is -2.52. The number of benzene rings is 1. The molecule has 1 aliphatic rings. The van der Waals surface area contributed by atoms with Crippen LogP contribution in [0.25, 0.3) is 0 Å². The number of nitrogens with zero attached hydrogens (tertiary/aromatic N) is 1. The quantitative estimate of drug-likeness (QED) is 0.889. The highest BCUT2D eigenvalue weighted by atomic mass is 16.5. The molecule has 1 aliphatic heterocycles. The van der Waals surface area contributed by atoms with Crippen molar-refractivity contribution in [2.45, 2.75) is 38.5 Å². The predicted molar refractivity (Wildman–Crippen MR) is 74.4 cm³/mol. The lowest BCUT2D eigenvalue weighted by Gasteiger charge is -2.39. The van der Waals surface area contributed by atoms with Crippen molar-refractivity contribution in [2.24, 2.45) is 5.73 Å². The third-order valence-corrected chi connectivity index (χ3v) is 3.48. The van der Waals surface area contributed by atoms with E-state index in [0.717, 1.165) is 19.6 Å². The first-order valence-electron chi connectivity index (χ1n) is 6.69. The van der Waals surface area contributed by atoms with Gasteiger partial charge in [0.25, 0.3) is 0 Å². The molecule has 1 aromatic rings. The molecule has 0 spiro atoms. The van der Waals surface area contributed by atoms with E-state index < -0.39 is 0 Å². The van der Waals surface area contributed by atoms with Crippen molar-refractivity contribution in [3.63, 3.8) is 0 Å². The molecule has 1 heterocycles. The molecule has 1 aromatic carbocycles. The molecule has 0 saturated carbocycles. The number of hydrogen-bond donors (Lipinski definition) is 1. The van der Waals surface area contributed by atoms with Gasteiger partial charge in [-0.2, -0.15) is 0 Å². The third-order valence-electron chi connectivity index (χ3n) is 3.48. The van der Waals surface area contributed by atoms with Gasteiger partial charge in [0.05, 0.1) is 17.7 Å². The normalized spacial score (nSPS) is 28.9. The molecule has 2 N–H and O–H groups in total. The molecular weight excluding hydrogens is 224 g/mol. The summed E-state index contributed by atoms with van der Waals surface area (Å²) < 4.78 is 5.75. The summed E-state index contributed by atoms with van der Waals surface area (Å²) in [6.07, 6.45) is 0.584. The van der Waals surface area contributed by atoms with Crippen LogP contribution in [0.2, 0.25) is 0 Å². The van der Waals surface area contributed by atoms with Crippen LogP contribution in [0.4, 0.5) is 0 Å². The van der Waals surface area contributed by atoms with Crippen molar-refractivity contribution in [3.8, 4) is 0 Å². The molecule has 18 heavy (non-hydrogen) atoms. The maximum atomic E-state index is 6.48. The standard InChI is InChI=1S/C15H24N2O/c1-12-9-17(10-13(2)18-12)11-15(3,16)14-7-5-4-6-8-14/h4-8,12-13H,9-11,16H2,1-3H3/t12-,13+,15?. The minimum Gasteiger partial charge on any atom is -0.373 e.